The Balaban J connectivity index is -0.0000000450. The van der Waals surface area contributed by atoms with Gasteiger partial charge in [-0.05, 0) is 0 Å². The van der Waals surface area contributed by atoms with Gasteiger partial charge in [-0.3, -0.25) is 12.6 Å². The summed E-state index contributed by atoms with van der Waals surface area (Å²) in [7, 11) is -1.83. The molecule has 0 bridgehead atoms. The molecule has 0 rings (SSSR count). The molecule has 0 aromatic rings. The maximum atomic E-state index is 9.56. The molecule has 3 nitrogen and oxygen atoms in total. The van der Waals surface area contributed by atoms with Crippen molar-refractivity contribution in [2.45, 2.75) is 0 Å². The average molecular weight is 335 g/mol. The SMILES string of the molecule is CS(C)=O.CS(C)=O.CS(C)=O.[Ru]. The molecule has 0 fully saturated rings. The van der Waals surface area contributed by atoms with Crippen LogP contribution in [0.4, 0.5) is 0 Å². The predicted molar refractivity (Wildman–Crippen MR) is 60.0 cm³/mol. The van der Waals surface area contributed by atoms with E-state index in [4.69, 9.17) is 0 Å². The van der Waals surface area contributed by atoms with E-state index in [0.29, 0.717) is 0 Å². The average Bonchev–Trinajstić information content (AvgIpc) is 1.54. The van der Waals surface area contributed by atoms with Gasteiger partial charge in [0.25, 0.3) is 0 Å². The van der Waals surface area contributed by atoms with Gasteiger partial charge in [-0.15, -0.1) is 0 Å². The zero-order valence-corrected chi connectivity index (χ0v) is 13.0. The molecule has 0 heterocycles. The van der Waals surface area contributed by atoms with Gasteiger partial charge < -0.3 is 0 Å². The second kappa shape index (κ2) is 18.8. The van der Waals surface area contributed by atoms with Crippen molar-refractivity contribution in [3.05, 3.63) is 0 Å². The van der Waals surface area contributed by atoms with Crippen LogP contribution in [0.3, 0.4) is 0 Å². The Hall–Kier alpha value is 1.07. The molecule has 0 unspecified atom stereocenters. The van der Waals surface area contributed by atoms with Gasteiger partial charge in [0.2, 0.25) is 0 Å². The van der Waals surface area contributed by atoms with E-state index in [1.54, 1.807) is 37.5 Å². The van der Waals surface area contributed by atoms with Crippen molar-refractivity contribution >= 4 is 32.4 Å². The fourth-order valence-electron chi connectivity index (χ4n) is 0. The Bertz CT molecular complexity index is 121. The summed E-state index contributed by atoms with van der Waals surface area (Å²) in [6.07, 6.45) is 9.83. The molecule has 0 aliphatic carbocycles. The zero-order valence-electron chi connectivity index (χ0n) is 8.80. The first kappa shape index (κ1) is 23.7. The molecule has 0 atom stereocenters. The third-order valence-corrected chi connectivity index (χ3v) is 0. The van der Waals surface area contributed by atoms with E-state index in [-0.39, 0.29) is 19.5 Å². The first-order valence-corrected chi connectivity index (χ1v) is 8.85. The minimum atomic E-state index is -0.611. The molecular formula is C6H18O3RuS3. The first-order chi connectivity index (χ1) is 5.20. The topological polar surface area (TPSA) is 51.2 Å². The van der Waals surface area contributed by atoms with Crippen molar-refractivity contribution in [1.29, 1.82) is 0 Å². The monoisotopic (exact) mass is 336 g/mol. The van der Waals surface area contributed by atoms with Gasteiger partial charge in [0.1, 0.15) is 0 Å². The van der Waals surface area contributed by atoms with Crippen LogP contribution >= 0.6 is 0 Å². The van der Waals surface area contributed by atoms with Crippen LogP contribution < -0.4 is 0 Å². The van der Waals surface area contributed by atoms with Crippen LogP contribution in [0.2, 0.25) is 0 Å². The van der Waals surface area contributed by atoms with Crippen molar-refractivity contribution in [1.82, 2.24) is 0 Å². The number of hydrogen-bond acceptors (Lipinski definition) is 3. The molecule has 0 amide bonds. The molecule has 13 heavy (non-hydrogen) atoms. The Morgan fingerprint density at radius 1 is 0.538 bits per heavy atom. The Kier molecular flexibility index (Phi) is 34.2. The Morgan fingerprint density at radius 3 is 0.538 bits per heavy atom. The van der Waals surface area contributed by atoms with E-state index in [1.165, 1.54) is 0 Å². The summed E-state index contributed by atoms with van der Waals surface area (Å²) in [5.74, 6) is 0. The quantitative estimate of drug-likeness (QED) is 0.585. The maximum absolute atomic E-state index is 9.56. The molecule has 7 heteroatoms. The van der Waals surface area contributed by atoms with Gasteiger partial charge in [0, 0.05) is 89.4 Å². The molecule has 0 saturated carbocycles. The van der Waals surface area contributed by atoms with Crippen LogP contribution in [0, 0.1) is 0 Å². The second-order valence-corrected chi connectivity index (χ2v) is 6.67. The van der Waals surface area contributed by atoms with Crippen LogP contribution in [-0.4, -0.2) is 50.2 Å². The summed E-state index contributed by atoms with van der Waals surface area (Å²) in [4.78, 5) is 0. The summed E-state index contributed by atoms with van der Waals surface area (Å²) in [6.45, 7) is 0. The normalized spacial score (nSPS) is 8.08. The van der Waals surface area contributed by atoms with Crippen molar-refractivity contribution in [3.8, 4) is 0 Å². The van der Waals surface area contributed by atoms with Crippen LogP contribution in [0.25, 0.3) is 0 Å². The molecule has 0 aromatic heterocycles. The molecule has 0 aromatic carbocycles. The van der Waals surface area contributed by atoms with E-state index < -0.39 is 32.4 Å². The van der Waals surface area contributed by atoms with E-state index in [2.05, 4.69) is 0 Å². The third-order valence-electron chi connectivity index (χ3n) is 0. The second-order valence-electron chi connectivity index (χ2n) is 2.22. The zero-order chi connectivity index (χ0) is 10.7. The van der Waals surface area contributed by atoms with E-state index in [0.717, 1.165) is 0 Å². The smallest absolute Gasteiger partial charge is 0.0148 e. The number of hydrogen-bond donors (Lipinski definition) is 0. The van der Waals surface area contributed by atoms with Crippen molar-refractivity contribution in [3.63, 3.8) is 0 Å². The molecule has 86 valence electrons. The molecular weight excluding hydrogens is 317 g/mol. The van der Waals surface area contributed by atoms with Crippen molar-refractivity contribution in [2.24, 2.45) is 0 Å². The minimum Gasteiger partial charge on any atom is -0.260 e. The van der Waals surface area contributed by atoms with E-state index in [1.807, 2.05) is 0 Å². The van der Waals surface area contributed by atoms with Crippen molar-refractivity contribution < 1.29 is 32.1 Å². The van der Waals surface area contributed by atoms with Crippen LogP contribution in [0.15, 0.2) is 0 Å². The van der Waals surface area contributed by atoms with Gasteiger partial charge in [0.15, 0.2) is 0 Å². The predicted octanol–water partition coefficient (Wildman–Crippen LogP) is -0.0184. The van der Waals surface area contributed by atoms with Crippen LogP contribution in [0.5, 0.6) is 0 Å². The maximum Gasteiger partial charge on any atom is 0.0148 e. The molecule has 0 aliphatic heterocycles. The largest absolute Gasteiger partial charge is 0.260 e. The molecule has 0 aliphatic rings. The molecule has 0 N–H and O–H groups in total. The third kappa shape index (κ3) is 1390. The fraction of sp³-hybridized carbons (Fsp3) is 1.00. The van der Waals surface area contributed by atoms with E-state index in [9.17, 15) is 12.6 Å². The van der Waals surface area contributed by atoms with Crippen LogP contribution in [-0.2, 0) is 51.9 Å². The van der Waals surface area contributed by atoms with Gasteiger partial charge >= 0.3 is 0 Å². The Morgan fingerprint density at radius 2 is 0.538 bits per heavy atom. The minimum absolute atomic E-state index is 0. The summed E-state index contributed by atoms with van der Waals surface area (Å²) in [6, 6.07) is 0. The fourth-order valence-corrected chi connectivity index (χ4v) is 0. The Labute approximate surface area is 102 Å². The van der Waals surface area contributed by atoms with Gasteiger partial charge in [-0.2, -0.15) is 0 Å². The van der Waals surface area contributed by atoms with E-state index >= 15 is 0 Å². The van der Waals surface area contributed by atoms with Gasteiger partial charge in [-0.25, -0.2) is 0 Å². The molecule has 0 spiro atoms. The first-order valence-electron chi connectivity index (χ1n) is 2.95. The van der Waals surface area contributed by atoms with Crippen molar-refractivity contribution in [2.75, 3.05) is 37.5 Å². The summed E-state index contributed by atoms with van der Waals surface area (Å²) in [5, 5.41) is 0. The van der Waals surface area contributed by atoms with Gasteiger partial charge in [-0.1, -0.05) is 0 Å². The molecule has 0 saturated heterocycles. The summed E-state index contributed by atoms with van der Waals surface area (Å²) < 4.78 is 28.7. The summed E-state index contributed by atoms with van der Waals surface area (Å²) in [5.41, 5.74) is 0. The molecule has 0 radical (unpaired) electrons. The van der Waals surface area contributed by atoms with Crippen LogP contribution in [0.1, 0.15) is 0 Å². The van der Waals surface area contributed by atoms with Gasteiger partial charge in [0.05, 0.1) is 0 Å². The standard InChI is InChI=1S/3C2H6OS.Ru/c3*1-4(2)3;/h3*1-2H3;. The number of rotatable bonds is 0. The summed E-state index contributed by atoms with van der Waals surface area (Å²) >= 11 is 0.